The van der Waals surface area contributed by atoms with E-state index < -0.39 is 62.8 Å². The van der Waals surface area contributed by atoms with Crippen LogP contribution in [0.25, 0.3) is 0 Å². The van der Waals surface area contributed by atoms with Crippen molar-refractivity contribution in [3.05, 3.63) is 12.3 Å². The first-order valence-corrected chi connectivity index (χ1v) is 19.6. The molecule has 11 nitrogen and oxygen atoms in total. The predicted octanol–water partition coefficient (Wildman–Crippen LogP) is 5.65. The van der Waals surface area contributed by atoms with Gasteiger partial charge in [-0.1, -0.05) is 27.4 Å². The molecule has 0 saturated heterocycles. The standard InChI is InChI=1S/C35H57O11P/c1-21(5-12-31(39)45-20-46-32(40)14-16-47(43,44)19-23(33(41)42)7-6-22(2)36)27-10-11-28-26-9-8-24-17-25(37)13-15-34(24,3)29(26)18-30(38)35(27,28)4/h21,23-30,36-38H,2,5-20H2,1,3-4H3,(H,41,42)(H,43,44)/t21-,23?,24-,25-,26?,27?,28?,29?,30+,34+,35-/m1/s1. The number of aliphatic carboxylic acids is 1. The van der Waals surface area contributed by atoms with Crippen LogP contribution < -0.4 is 0 Å². The lowest BCUT2D eigenvalue weighted by atomic mass is 9.43. The number of aliphatic hydroxyl groups is 3. The number of hydrogen-bond donors (Lipinski definition) is 5. The molecule has 0 aliphatic heterocycles. The van der Waals surface area contributed by atoms with Gasteiger partial charge in [0.15, 0.2) is 0 Å². The number of fused-ring (bicyclic) bond motifs is 5. The number of carboxylic acid groups (broad SMARTS) is 1. The van der Waals surface area contributed by atoms with E-state index in [2.05, 4.69) is 27.4 Å². The molecular weight excluding hydrogens is 627 g/mol. The number of hydrogen-bond acceptors (Lipinski definition) is 9. The lowest BCUT2D eigenvalue weighted by Crippen LogP contribution is -2.58. The van der Waals surface area contributed by atoms with Crippen LogP contribution in [0.3, 0.4) is 0 Å². The molecule has 12 atom stereocenters. The Morgan fingerprint density at radius 3 is 2.26 bits per heavy atom. The molecule has 268 valence electrons. The van der Waals surface area contributed by atoms with Gasteiger partial charge in [-0.05, 0) is 111 Å². The molecule has 4 rings (SSSR count). The first-order chi connectivity index (χ1) is 22.0. The van der Waals surface area contributed by atoms with Gasteiger partial charge in [0.25, 0.3) is 0 Å². The van der Waals surface area contributed by atoms with E-state index in [0.29, 0.717) is 30.1 Å². The number of carbonyl (C=O) groups excluding carboxylic acids is 2. The Balaban J connectivity index is 1.20. The summed E-state index contributed by atoms with van der Waals surface area (Å²) in [6.45, 7) is 9.50. The molecule has 0 aromatic rings. The average Bonchev–Trinajstić information content (AvgIpc) is 3.36. The minimum atomic E-state index is -3.97. The SMILES string of the molecule is C=C(O)CCC(CP(=O)(O)CCC(=O)OCOC(=O)CC[C@@H](C)C1CCC2C3CC[C@@H]4C[C@H](O)CC[C@]4(C)C3C[C@H](O)[C@@]21C)C(=O)O. The van der Waals surface area contributed by atoms with Crippen LogP contribution in [0, 0.1) is 52.3 Å². The zero-order chi connectivity index (χ0) is 34.7. The highest BCUT2D eigenvalue weighted by molar-refractivity contribution is 7.58. The van der Waals surface area contributed by atoms with Gasteiger partial charge in [-0.2, -0.15) is 0 Å². The summed E-state index contributed by atoms with van der Waals surface area (Å²) in [4.78, 5) is 46.2. The molecule has 47 heavy (non-hydrogen) atoms. The molecule has 4 aliphatic carbocycles. The van der Waals surface area contributed by atoms with Crippen molar-refractivity contribution in [2.75, 3.05) is 19.1 Å². The molecule has 0 heterocycles. The number of rotatable bonds is 15. The summed E-state index contributed by atoms with van der Waals surface area (Å²) in [5.41, 5.74) is -0.0269. The van der Waals surface area contributed by atoms with Gasteiger partial charge in [-0.25, -0.2) is 0 Å². The second-order valence-electron chi connectivity index (χ2n) is 15.7. The topological polar surface area (TPSA) is 188 Å². The van der Waals surface area contributed by atoms with E-state index in [-0.39, 0.29) is 53.8 Å². The van der Waals surface area contributed by atoms with Crippen LogP contribution in [0.15, 0.2) is 12.3 Å². The molecule has 0 amide bonds. The largest absolute Gasteiger partial charge is 0.513 e. The van der Waals surface area contributed by atoms with Crippen LogP contribution in [0.2, 0.25) is 0 Å². The Bertz CT molecular complexity index is 1210. The number of aliphatic hydroxyl groups excluding tert-OH is 3. The molecule has 0 radical (unpaired) electrons. The third-order valence-corrected chi connectivity index (χ3v) is 15.0. The number of allylic oxidation sites excluding steroid dienone is 1. The van der Waals surface area contributed by atoms with Crippen LogP contribution >= 0.6 is 7.37 Å². The highest BCUT2D eigenvalue weighted by Crippen LogP contribution is 2.68. The third kappa shape index (κ3) is 8.63. The second kappa shape index (κ2) is 15.3. The fourth-order valence-corrected chi connectivity index (χ4v) is 12.1. The molecule has 4 aliphatic rings. The number of esters is 2. The maximum atomic E-state index is 12.5. The zero-order valence-corrected chi connectivity index (χ0v) is 29.2. The highest BCUT2D eigenvalue weighted by Gasteiger charge is 2.63. The first-order valence-electron chi connectivity index (χ1n) is 17.6. The molecular formula is C35H57O11P. The van der Waals surface area contributed by atoms with Crippen molar-refractivity contribution in [1.82, 2.24) is 0 Å². The molecule has 4 fully saturated rings. The summed E-state index contributed by atoms with van der Waals surface area (Å²) in [5, 5.41) is 40.6. The molecule has 12 heteroatoms. The zero-order valence-electron chi connectivity index (χ0n) is 28.3. The summed E-state index contributed by atoms with van der Waals surface area (Å²) < 4.78 is 22.5. The Hall–Kier alpha value is -1.94. The van der Waals surface area contributed by atoms with E-state index in [1.165, 1.54) is 0 Å². The molecule has 0 aromatic carbocycles. The molecule has 0 bridgehead atoms. The van der Waals surface area contributed by atoms with Crippen molar-refractivity contribution in [2.45, 2.75) is 116 Å². The third-order valence-electron chi connectivity index (χ3n) is 13.0. The van der Waals surface area contributed by atoms with Crippen LogP contribution in [-0.2, 0) is 28.4 Å². The van der Waals surface area contributed by atoms with Crippen molar-refractivity contribution in [3.8, 4) is 0 Å². The maximum absolute atomic E-state index is 12.5. The maximum Gasteiger partial charge on any atom is 0.309 e. The molecule has 4 saturated carbocycles. The summed E-state index contributed by atoms with van der Waals surface area (Å²) in [6.07, 6.45) is 6.62. The normalized spacial score (nSPS) is 37.3. The lowest BCUT2D eigenvalue weighted by molar-refractivity contribution is -0.175. The predicted molar refractivity (Wildman–Crippen MR) is 174 cm³/mol. The quantitative estimate of drug-likeness (QED) is 0.0621. The van der Waals surface area contributed by atoms with E-state index in [0.717, 1.165) is 51.4 Å². The van der Waals surface area contributed by atoms with Gasteiger partial charge in [0.05, 0.1) is 30.3 Å². The van der Waals surface area contributed by atoms with Crippen LogP contribution in [-0.4, -0.2) is 74.6 Å². The fourth-order valence-electron chi connectivity index (χ4n) is 10.3. The molecule has 0 spiro atoms. The monoisotopic (exact) mass is 684 g/mol. The molecule has 5 N–H and O–H groups in total. The highest BCUT2D eigenvalue weighted by atomic mass is 31.2. The average molecular weight is 685 g/mol. The Kier molecular flexibility index (Phi) is 12.3. The van der Waals surface area contributed by atoms with E-state index in [1.807, 2.05) is 0 Å². The van der Waals surface area contributed by atoms with Gasteiger partial charge in [-0.15, -0.1) is 0 Å². The van der Waals surface area contributed by atoms with Crippen molar-refractivity contribution >= 4 is 25.3 Å². The van der Waals surface area contributed by atoms with Crippen molar-refractivity contribution in [3.63, 3.8) is 0 Å². The molecule has 6 unspecified atom stereocenters. The van der Waals surface area contributed by atoms with E-state index in [9.17, 15) is 44.3 Å². The van der Waals surface area contributed by atoms with Crippen molar-refractivity contribution in [2.24, 2.45) is 52.3 Å². The minimum Gasteiger partial charge on any atom is -0.513 e. The van der Waals surface area contributed by atoms with E-state index in [1.54, 1.807) is 0 Å². The van der Waals surface area contributed by atoms with Crippen LogP contribution in [0.1, 0.15) is 104 Å². The minimum absolute atomic E-state index is 0.0145. The smallest absolute Gasteiger partial charge is 0.309 e. The summed E-state index contributed by atoms with van der Waals surface area (Å²) >= 11 is 0. The Labute approximate surface area is 278 Å². The first kappa shape index (κ1) is 37.9. The number of carbonyl (C=O) groups is 3. The molecule has 0 aromatic heterocycles. The summed E-state index contributed by atoms with van der Waals surface area (Å²) in [5.74, 6) is -1.48. The van der Waals surface area contributed by atoms with Crippen LogP contribution in [0.4, 0.5) is 0 Å². The summed E-state index contributed by atoms with van der Waals surface area (Å²) in [7, 11) is -3.97. The summed E-state index contributed by atoms with van der Waals surface area (Å²) in [6, 6.07) is 0. The van der Waals surface area contributed by atoms with Gasteiger partial charge < -0.3 is 34.8 Å². The number of ether oxygens (including phenoxy) is 2. The van der Waals surface area contributed by atoms with Gasteiger partial charge in [0.2, 0.25) is 14.2 Å². The van der Waals surface area contributed by atoms with Crippen LogP contribution in [0.5, 0.6) is 0 Å². The lowest BCUT2D eigenvalue weighted by Gasteiger charge is -2.62. The number of carboxylic acids is 1. The van der Waals surface area contributed by atoms with Gasteiger partial charge in [0, 0.05) is 25.2 Å². The van der Waals surface area contributed by atoms with Crippen molar-refractivity contribution in [1.29, 1.82) is 0 Å². The van der Waals surface area contributed by atoms with Gasteiger partial charge in [0.1, 0.15) is 0 Å². The fraction of sp³-hybridized carbons (Fsp3) is 0.857. The van der Waals surface area contributed by atoms with Crippen molar-refractivity contribution < 1.29 is 53.7 Å². The second-order valence-corrected chi connectivity index (χ2v) is 18.2. The Morgan fingerprint density at radius 2 is 1.60 bits per heavy atom. The van der Waals surface area contributed by atoms with E-state index >= 15 is 0 Å². The van der Waals surface area contributed by atoms with E-state index in [4.69, 9.17) is 9.47 Å². The van der Waals surface area contributed by atoms with Gasteiger partial charge >= 0.3 is 17.9 Å². The van der Waals surface area contributed by atoms with Gasteiger partial charge in [-0.3, -0.25) is 18.9 Å². The Morgan fingerprint density at radius 1 is 0.915 bits per heavy atom.